The van der Waals surface area contributed by atoms with Crippen molar-refractivity contribution in [2.24, 2.45) is 0 Å². The smallest absolute Gasteiger partial charge is 0.123 e. The molecule has 0 bridgehead atoms. The first-order valence-electron chi connectivity index (χ1n) is 5.81. The Hall–Kier alpha value is -0.750. The monoisotopic (exact) mass is 432 g/mol. The molecule has 0 fully saturated rings. The zero-order chi connectivity index (χ0) is 13.8. The van der Waals surface area contributed by atoms with Crippen molar-refractivity contribution < 1.29 is 9.47 Å². The zero-order valence-corrected chi connectivity index (χ0v) is 14.5. The minimum atomic E-state index is 0.553. The Kier molecular flexibility index (Phi) is 5.10. The van der Waals surface area contributed by atoms with Gasteiger partial charge in [0.1, 0.15) is 18.1 Å². The fourth-order valence-electron chi connectivity index (χ4n) is 1.67. The maximum atomic E-state index is 5.86. The SMILES string of the molecule is COc1ccc(COc2cc(Br)c(I)cc2C)cc1. The second kappa shape index (κ2) is 6.61. The van der Waals surface area contributed by atoms with E-state index in [9.17, 15) is 0 Å². The van der Waals surface area contributed by atoms with Crippen LogP contribution in [0.3, 0.4) is 0 Å². The number of aryl methyl sites for hydroxylation is 1. The van der Waals surface area contributed by atoms with Gasteiger partial charge in [-0.2, -0.15) is 0 Å². The van der Waals surface area contributed by atoms with Crippen LogP contribution >= 0.6 is 38.5 Å². The number of halogens is 2. The largest absolute Gasteiger partial charge is 0.497 e. The lowest BCUT2D eigenvalue weighted by Crippen LogP contribution is -1.97. The lowest BCUT2D eigenvalue weighted by Gasteiger charge is -2.11. The van der Waals surface area contributed by atoms with Crippen LogP contribution in [0.15, 0.2) is 40.9 Å². The van der Waals surface area contributed by atoms with Crippen molar-refractivity contribution in [2.75, 3.05) is 7.11 Å². The van der Waals surface area contributed by atoms with Crippen molar-refractivity contribution in [1.82, 2.24) is 0 Å². The highest BCUT2D eigenvalue weighted by Crippen LogP contribution is 2.28. The molecule has 0 saturated carbocycles. The van der Waals surface area contributed by atoms with Crippen LogP contribution < -0.4 is 9.47 Å². The highest BCUT2D eigenvalue weighted by atomic mass is 127. The molecular weight excluding hydrogens is 419 g/mol. The molecule has 0 unspecified atom stereocenters. The van der Waals surface area contributed by atoms with E-state index < -0.39 is 0 Å². The summed E-state index contributed by atoms with van der Waals surface area (Å²) in [6.45, 7) is 2.61. The van der Waals surface area contributed by atoms with E-state index in [-0.39, 0.29) is 0 Å². The number of methoxy groups -OCH3 is 1. The van der Waals surface area contributed by atoms with Gasteiger partial charge in [0, 0.05) is 8.04 Å². The molecule has 0 radical (unpaired) electrons. The summed E-state index contributed by atoms with van der Waals surface area (Å²) in [5, 5.41) is 0. The molecule has 0 aliphatic rings. The molecule has 0 heterocycles. The molecule has 0 atom stereocenters. The van der Waals surface area contributed by atoms with Gasteiger partial charge in [-0.25, -0.2) is 0 Å². The second-order valence-electron chi connectivity index (χ2n) is 4.17. The molecule has 2 rings (SSSR count). The average Bonchev–Trinajstić information content (AvgIpc) is 2.42. The van der Waals surface area contributed by atoms with E-state index in [1.54, 1.807) is 7.11 Å². The van der Waals surface area contributed by atoms with E-state index in [2.05, 4.69) is 51.5 Å². The molecular formula is C15H14BrIO2. The number of rotatable bonds is 4. The van der Waals surface area contributed by atoms with Gasteiger partial charge < -0.3 is 9.47 Å². The lowest BCUT2D eigenvalue weighted by atomic mass is 10.2. The Morgan fingerprint density at radius 2 is 1.84 bits per heavy atom. The van der Waals surface area contributed by atoms with Gasteiger partial charge in [0.05, 0.1) is 7.11 Å². The van der Waals surface area contributed by atoms with Crippen molar-refractivity contribution in [1.29, 1.82) is 0 Å². The zero-order valence-electron chi connectivity index (χ0n) is 10.7. The Bertz CT molecular complexity index is 567. The van der Waals surface area contributed by atoms with E-state index in [1.807, 2.05) is 30.3 Å². The van der Waals surface area contributed by atoms with Crippen molar-refractivity contribution in [3.05, 3.63) is 55.6 Å². The van der Waals surface area contributed by atoms with Crippen LogP contribution in [-0.2, 0) is 6.61 Å². The molecule has 0 aromatic heterocycles. The predicted molar refractivity (Wildman–Crippen MR) is 88.9 cm³/mol. The first kappa shape index (κ1) is 14.7. The second-order valence-corrected chi connectivity index (χ2v) is 6.19. The van der Waals surface area contributed by atoms with E-state index in [4.69, 9.17) is 9.47 Å². The van der Waals surface area contributed by atoms with Crippen molar-refractivity contribution >= 4 is 38.5 Å². The van der Waals surface area contributed by atoms with E-state index >= 15 is 0 Å². The summed E-state index contributed by atoms with van der Waals surface area (Å²) in [5.74, 6) is 1.76. The summed E-state index contributed by atoms with van der Waals surface area (Å²) in [4.78, 5) is 0. The van der Waals surface area contributed by atoms with E-state index in [0.717, 1.165) is 27.1 Å². The molecule has 100 valence electrons. The minimum absolute atomic E-state index is 0.553. The molecule has 0 amide bonds. The molecule has 2 aromatic carbocycles. The molecule has 19 heavy (non-hydrogen) atoms. The topological polar surface area (TPSA) is 18.5 Å². The van der Waals surface area contributed by atoms with Gasteiger partial charge in [-0.1, -0.05) is 12.1 Å². The van der Waals surface area contributed by atoms with Gasteiger partial charge in [0.2, 0.25) is 0 Å². The molecule has 2 nitrogen and oxygen atoms in total. The number of ether oxygens (including phenoxy) is 2. The van der Waals surface area contributed by atoms with Crippen molar-refractivity contribution in [3.8, 4) is 11.5 Å². The van der Waals surface area contributed by atoms with Gasteiger partial charge in [0.25, 0.3) is 0 Å². The molecule has 0 saturated heterocycles. The molecule has 4 heteroatoms. The van der Waals surface area contributed by atoms with Gasteiger partial charge >= 0.3 is 0 Å². The third-order valence-corrected chi connectivity index (χ3v) is 5.06. The average molecular weight is 433 g/mol. The summed E-state index contributed by atoms with van der Waals surface area (Å²) in [7, 11) is 1.66. The first-order valence-corrected chi connectivity index (χ1v) is 7.68. The molecule has 0 spiro atoms. The van der Waals surface area contributed by atoms with Gasteiger partial charge in [-0.05, 0) is 80.8 Å². The third-order valence-electron chi connectivity index (χ3n) is 2.77. The van der Waals surface area contributed by atoms with E-state index in [1.165, 1.54) is 3.57 Å². The summed E-state index contributed by atoms with van der Waals surface area (Å²) in [6, 6.07) is 12.0. The normalized spacial score (nSPS) is 10.3. The van der Waals surface area contributed by atoms with Crippen LogP contribution in [0.25, 0.3) is 0 Å². The highest BCUT2D eigenvalue weighted by Gasteiger charge is 2.05. The Balaban J connectivity index is 2.07. The molecule has 0 aliphatic heterocycles. The number of hydrogen-bond donors (Lipinski definition) is 0. The Morgan fingerprint density at radius 3 is 2.47 bits per heavy atom. The summed E-state index contributed by atoms with van der Waals surface area (Å²) in [6.07, 6.45) is 0. The first-order chi connectivity index (χ1) is 9.10. The number of hydrogen-bond acceptors (Lipinski definition) is 2. The summed E-state index contributed by atoms with van der Waals surface area (Å²) in [5.41, 5.74) is 2.26. The van der Waals surface area contributed by atoms with Crippen LogP contribution in [0.2, 0.25) is 0 Å². The van der Waals surface area contributed by atoms with Crippen LogP contribution in [0, 0.1) is 10.5 Å². The predicted octanol–water partition coefficient (Wildman–Crippen LogP) is 4.95. The summed E-state index contributed by atoms with van der Waals surface area (Å²) < 4.78 is 13.2. The fraction of sp³-hybridized carbons (Fsp3) is 0.200. The molecule has 0 N–H and O–H groups in total. The maximum Gasteiger partial charge on any atom is 0.123 e. The van der Waals surface area contributed by atoms with Crippen molar-refractivity contribution in [3.63, 3.8) is 0 Å². The standard InChI is InChI=1S/C15H14BrIO2/c1-10-7-14(17)13(16)8-15(10)19-9-11-3-5-12(18-2)6-4-11/h3-8H,9H2,1-2H3. The minimum Gasteiger partial charge on any atom is -0.497 e. The maximum absolute atomic E-state index is 5.86. The highest BCUT2D eigenvalue weighted by molar-refractivity contribution is 14.1. The number of benzene rings is 2. The van der Waals surface area contributed by atoms with Crippen LogP contribution in [0.4, 0.5) is 0 Å². The third kappa shape index (κ3) is 3.86. The quantitative estimate of drug-likeness (QED) is 0.636. The Morgan fingerprint density at radius 1 is 1.16 bits per heavy atom. The van der Waals surface area contributed by atoms with Crippen molar-refractivity contribution in [2.45, 2.75) is 13.5 Å². The van der Waals surface area contributed by atoms with Crippen LogP contribution in [0.1, 0.15) is 11.1 Å². The molecule has 2 aromatic rings. The van der Waals surface area contributed by atoms with Gasteiger partial charge in [0.15, 0.2) is 0 Å². The van der Waals surface area contributed by atoms with Crippen LogP contribution in [0.5, 0.6) is 11.5 Å². The van der Waals surface area contributed by atoms with Gasteiger partial charge in [-0.15, -0.1) is 0 Å². The lowest BCUT2D eigenvalue weighted by molar-refractivity contribution is 0.303. The molecule has 0 aliphatic carbocycles. The summed E-state index contributed by atoms with van der Waals surface area (Å²) >= 11 is 5.82. The van der Waals surface area contributed by atoms with Gasteiger partial charge in [-0.3, -0.25) is 0 Å². The van der Waals surface area contributed by atoms with Crippen LogP contribution in [-0.4, -0.2) is 7.11 Å². The fourth-order valence-corrected chi connectivity index (χ4v) is 2.61. The Labute approximate surface area is 135 Å². The van der Waals surface area contributed by atoms with E-state index in [0.29, 0.717) is 6.61 Å².